The summed E-state index contributed by atoms with van der Waals surface area (Å²) in [5, 5.41) is 46.0. The van der Waals surface area contributed by atoms with Crippen molar-refractivity contribution in [3.8, 4) is 24.3 Å². The van der Waals surface area contributed by atoms with Crippen LogP contribution in [0, 0.1) is 45.3 Å². The number of fused-ring (bicyclic) bond motifs is 2. The van der Waals surface area contributed by atoms with Gasteiger partial charge in [-0.2, -0.15) is 21.0 Å². The van der Waals surface area contributed by atoms with E-state index in [1.807, 2.05) is 48.6 Å². The average Bonchev–Trinajstić information content (AvgIpc) is 3.72. The van der Waals surface area contributed by atoms with Gasteiger partial charge in [0.25, 0.3) is 0 Å². The van der Waals surface area contributed by atoms with E-state index in [4.69, 9.17) is 9.47 Å². The van der Waals surface area contributed by atoms with Crippen molar-refractivity contribution >= 4 is 46.3 Å². The zero-order valence-electron chi connectivity index (χ0n) is 50.8. The molecule has 6 rings (SSSR count). The molecule has 0 spiro atoms. The summed E-state index contributed by atoms with van der Waals surface area (Å²) in [6.07, 6.45) is 49.5. The maximum absolute atomic E-state index is 9.88. The standard InChI is InChI=1S/C70H94N12O2/c1-3-5-7-9-11-13-15-17-19-21-23-25-27-33-43-81-45-39-57(59-35-29-31-37-67(59)81)51-61-69(79-65(55-73)63(53-71)77-61)75-41-47-83-49-50-84-48-42-76-70-62(78-64(54-72)66(56-74)80-70)52-58-40-46-82(68-38-32-30-36-60(58)68)44-34-28-26-24-22-20-18-16-14-12-10-8-6-4-2/h29-32,35-40,45-46,51-52H,3-28,33-34,41-44,47-50H2,1-2H3,(H,75,79)(H,76,80)/b57-51+,58-52+. The van der Waals surface area contributed by atoms with E-state index in [0.29, 0.717) is 62.5 Å². The predicted octanol–water partition coefficient (Wildman–Crippen LogP) is 17.0. The van der Waals surface area contributed by atoms with Gasteiger partial charge in [-0.05, 0) is 60.4 Å². The minimum atomic E-state index is -0.0446. The molecule has 0 bridgehead atoms. The fraction of sp³-hybridized carbons (Fsp3) is 0.543. The highest BCUT2D eigenvalue weighted by atomic mass is 16.5. The largest absolute Gasteiger partial charge is 0.377 e. The van der Waals surface area contributed by atoms with Crippen molar-refractivity contribution in [1.82, 2.24) is 19.9 Å². The van der Waals surface area contributed by atoms with Gasteiger partial charge < -0.3 is 29.9 Å². The van der Waals surface area contributed by atoms with Gasteiger partial charge in [0, 0.05) is 61.1 Å². The van der Waals surface area contributed by atoms with Crippen LogP contribution in [0.15, 0.2) is 73.1 Å². The first-order valence-corrected chi connectivity index (χ1v) is 32.1. The van der Waals surface area contributed by atoms with Crippen LogP contribution in [0.1, 0.15) is 239 Å². The summed E-state index contributed by atoms with van der Waals surface area (Å²) in [6, 6.07) is 24.8. The molecule has 4 heterocycles. The van der Waals surface area contributed by atoms with Gasteiger partial charge in [0.05, 0.1) is 26.4 Å². The number of unbranched alkanes of at least 4 members (excludes halogenated alkanes) is 26. The van der Waals surface area contributed by atoms with Crippen LogP contribution in [-0.2, 0) is 9.47 Å². The summed E-state index contributed by atoms with van der Waals surface area (Å²) in [4.78, 5) is 22.9. The molecular weight excluding hydrogens is 1040 g/mol. The third kappa shape index (κ3) is 22.7. The van der Waals surface area contributed by atoms with Gasteiger partial charge in [0.2, 0.25) is 0 Å². The first kappa shape index (κ1) is 65.8. The fourth-order valence-electron chi connectivity index (χ4n) is 11.0. The molecule has 84 heavy (non-hydrogen) atoms. The molecule has 0 saturated carbocycles. The number of hydrogen-bond donors (Lipinski definition) is 2. The number of para-hydroxylation sites is 2. The molecular formula is C70H94N12O2. The van der Waals surface area contributed by atoms with Crippen LogP contribution in [0.25, 0.3) is 23.3 Å². The number of nitriles is 4. The fourth-order valence-corrected chi connectivity index (χ4v) is 11.0. The number of hydrogen-bond acceptors (Lipinski definition) is 14. The first-order valence-electron chi connectivity index (χ1n) is 32.1. The Labute approximate surface area is 503 Å². The Bertz CT molecular complexity index is 2710. The average molecular weight is 1140 g/mol. The van der Waals surface area contributed by atoms with Gasteiger partial charge in [0.15, 0.2) is 34.4 Å². The summed E-state index contributed by atoms with van der Waals surface area (Å²) in [5.74, 6) is 0.780. The summed E-state index contributed by atoms with van der Waals surface area (Å²) in [7, 11) is 0. The highest BCUT2D eigenvalue weighted by Crippen LogP contribution is 2.37. The van der Waals surface area contributed by atoms with Crippen LogP contribution in [-0.4, -0.2) is 72.5 Å². The van der Waals surface area contributed by atoms with Crippen LogP contribution in [0.5, 0.6) is 0 Å². The van der Waals surface area contributed by atoms with E-state index in [-0.39, 0.29) is 22.8 Å². The minimum Gasteiger partial charge on any atom is -0.377 e. The Balaban J connectivity index is 0.925. The zero-order valence-corrected chi connectivity index (χ0v) is 50.8. The van der Waals surface area contributed by atoms with E-state index in [9.17, 15) is 21.0 Å². The topological polar surface area (TPSA) is 196 Å². The second-order valence-electron chi connectivity index (χ2n) is 22.3. The third-order valence-electron chi connectivity index (χ3n) is 15.7. The lowest BCUT2D eigenvalue weighted by molar-refractivity contribution is 0.0556. The number of benzene rings is 2. The van der Waals surface area contributed by atoms with E-state index < -0.39 is 0 Å². The molecule has 2 aromatic carbocycles. The number of nitrogens with zero attached hydrogens (tertiary/aromatic N) is 10. The summed E-state index contributed by atoms with van der Waals surface area (Å²) in [5.41, 5.74) is 7.02. The van der Waals surface area contributed by atoms with Gasteiger partial charge in [0.1, 0.15) is 35.7 Å². The number of anilines is 4. The van der Waals surface area contributed by atoms with Gasteiger partial charge >= 0.3 is 0 Å². The third-order valence-corrected chi connectivity index (χ3v) is 15.7. The van der Waals surface area contributed by atoms with E-state index in [1.165, 1.54) is 167 Å². The Kier molecular flexibility index (Phi) is 31.3. The van der Waals surface area contributed by atoms with Crippen LogP contribution >= 0.6 is 0 Å². The van der Waals surface area contributed by atoms with Crippen molar-refractivity contribution < 1.29 is 9.47 Å². The van der Waals surface area contributed by atoms with Crippen molar-refractivity contribution in [2.24, 2.45) is 0 Å². The molecule has 0 saturated heterocycles. The van der Waals surface area contributed by atoms with Gasteiger partial charge in [-0.3, -0.25) is 0 Å². The Morgan fingerprint density at radius 1 is 0.405 bits per heavy atom. The minimum absolute atomic E-state index is 0.0284. The SMILES string of the molecule is CCCCCCCCCCCCCCCCN1C=C/C(=C\c2nc(C#N)c(C#N)nc2NCCOCCOCCNc2nc(C#N)c(C#N)nc2/C=C2\C=CN(CCCCCCCCCCCCCCCC)c3ccccc32)c2ccccc21. The number of aromatic nitrogens is 4. The molecule has 0 radical (unpaired) electrons. The van der Waals surface area contributed by atoms with Crippen LogP contribution < -0.4 is 20.4 Å². The predicted molar refractivity (Wildman–Crippen MR) is 344 cm³/mol. The maximum Gasteiger partial charge on any atom is 0.179 e. The Morgan fingerprint density at radius 3 is 1.05 bits per heavy atom. The lowest BCUT2D eigenvalue weighted by Crippen LogP contribution is -2.21. The molecule has 446 valence electrons. The van der Waals surface area contributed by atoms with E-state index in [0.717, 1.165) is 59.6 Å². The number of allylic oxidation sites excluding steroid dienone is 4. The lowest BCUT2D eigenvalue weighted by atomic mass is 9.98. The van der Waals surface area contributed by atoms with Gasteiger partial charge in [-0.1, -0.05) is 217 Å². The van der Waals surface area contributed by atoms with Crippen molar-refractivity contribution in [2.45, 2.75) is 194 Å². The molecule has 14 nitrogen and oxygen atoms in total. The van der Waals surface area contributed by atoms with Crippen molar-refractivity contribution in [1.29, 1.82) is 21.0 Å². The quantitative estimate of drug-likeness (QED) is 0.0397. The molecule has 0 amide bonds. The molecule has 0 atom stereocenters. The maximum atomic E-state index is 9.88. The summed E-state index contributed by atoms with van der Waals surface area (Å²) >= 11 is 0. The Morgan fingerprint density at radius 2 is 0.714 bits per heavy atom. The summed E-state index contributed by atoms with van der Waals surface area (Å²) in [6.45, 7) is 8.47. The number of nitrogens with one attached hydrogen (secondary N) is 2. The van der Waals surface area contributed by atoms with Crippen LogP contribution in [0.3, 0.4) is 0 Å². The molecule has 2 N–H and O–H groups in total. The molecule has 0 fully saturated rings. The lowest BCUT2D eigenvalue weighted by Gasteiger charge is -2.28. The highest BCUT2D eigenvalue weighted by Gasteiger charge is 2.21. The van der Waals surface area contributed by atoms with E-state index in [2.05, 4.69) is 115 Å². The molecule has 2 aliphatic rings. The van der Waals surface area contributed by atoms with Gasteiger partial charge in [-0.25, -0.2) is 19.9 Å². The zero-order chi connectivity index (χ0) is 59.1. The van der Waals surface area contributed by atoms with E-state index in [1.54, 1.807) is 0 Å². The normalized spacial score (nSPS) is 13.4. The smallest absolute Gasteiger partial charge is 0.179 e. The van der Waals surface area contributed by atoms with Crippen LogP contribution in [0.2, 0.25) is 0 Å². The highest BCUT2D eigenvalue weighted by molar-refractivity contribution is 5.96. The second-order valence-corrected chi connectivity index (χ2v) is 22.3. The van der Waals surface area contributed by atoms with Crippen LogP contribution in [0.4, 0.5) is 23.0 Å². The molecule has 0 unspecified atom stereocenters. The molecule has 4 aromatic rings. The Hall–Kier alpha value is -7.36. The van der Waals surface area contributed by atoms with Crippen molar-refractivity contribution in [3.63, 3.8) is 0 Å². The van der Waals surface area contributed by atoms with Crippen molar-refractivity contribution in [3.05, 3.63) is 118 Å². The molecule has 0 aliphatic carbocycles. The summed E-state index contributed by atoms with van der Waals surface area (Å²) < 4.78 is 11.8. The van der Waals surface area contributed by atoms with Crippen molar-refractivity contribution in [2.75, 3.05) is 73.0 Å². The van der Waals surface area contributed by atoms with E-state index >= 15 is 0 Å². The van der Waals surface area contributed by atoms with Gasteiger partial charge in [-0.15, -0.1) is 0 Å². The first-order chi connectivity index (χ1) is 41.5. The second kappa shape index (κ2) is 40.0. The monoisotopic (exact) mass is 1130 g/mol. The number of rotatable bonds is 43. The number of ether oxygens (including phenoxy) is 2. The molecule has 2 aromatic heterocycles. The molecule has 2 aliphatic heterocycles. The molecule has 14 heteroatoms.